The molecule has 0 radical (unpaired) electrons. The SMILES string of the molecule is C=CCO[N+](O)(CC=C)CC=C. The summed E-state index contributed by atoms with van der Waals surface area (Å²) < 4.78 is 0. The minimum atomic E-state index is -0.515. The summed E-state index contributed by atoms with van der Waals surface area (Å²) in [6, 6.07) is 0. The van der Waals surface area contributed by atoms with E-state index in [-0.39, 0.29) is 0 Å². The summed E-state index contributed by atoms with van der Waals surface area (Å²) in [5.41, 5.74) is 0. The van der Waals surface area contributed by atoms with Crippen molar-refractivity contribution in [3.05, 3.63) is 38.0 Å². The van der Waals surface area contributed by atoms with Crippen LogP contribution >= 0.6 is 0 Å². The molecule has 0 saturated carbocycles. The molecule has 0 aliphatic carbocycles. The molecule has 0 aromatic heterocycles. The monoisotopic (exact) mass is 170 g/mol. The van der Waals surface area contributed by atoms with Crippen molar-refractivity contribution in [2.24, 2.45) is 0 Å². The molecule has 0 bridgehead atoms. The first-order valence-corrected chi connectivity index (χ1v) is 3.75. The van der Waals surface area contributed by atoms with Gasteiger partial charge in [-0.05, 0) is 17.0 Å². The van der Waals surface area contributed by atoms with Gasteiger partial charge in [0.05, 0.1) is 0 Å². The average Bonchev–Trinajstić information content (AvgIpc) is 2.02. The summed E-state index contributed by atoms with van der Waals surface area (Å²) in [6.07, 6.45) is 4.76. The standard InChI is InChI=1S/C9H16NO2/c1-4-7-10(11,8-5-2)12-9-6-3/h4-6,11H,1-3,7-9H2/q+1. The number of hydroxylamine groups is 4. The number of nitrogens with zero attached hydrogens (tertiary/aromatic N) is 1. The molecule has 12 heavy (non-hydrogen) atoms. The summed E-state index contributed by atoms with van der Waals surface area (Å²) in [4.78, 5) is 4.58. The smallest absolute Gasteiger partial charge is 0.161 e. The Morgan fingerprint density at radius 3 is 1.92 bits per heavy atom. The van der Waals surface area contributed by atoms with Gasteiger partial charge in [0.2, 0.25) is 0 Å². The third-order valence-corrected chi connectivity index (χ3v) is 1.26. The van der Waals surface area contributed by atoms with Crippen molar-refractivity contribution in [3.63, 3.8) is 0 Å². The van der Waals surface area contributed by atoms with Gasteiger partial charge < -0.3 is 0 Å². The zero-order chi connectivity index (χ0) is 9.45. The number of quaternary nitrogens is 1. The zero-order valence-electron chi connectivity index (χ0n) is 7.28. The summed E-state index contributed by atoms with van der Waals surface area (Å²) in [7, 11) is 0. The Morgan fingerprint density at radius 2 is 1.58 bits per heavy atom. The molecule has 0 aliphatic heterocycles. The zero-order valence-corrected chi connectivity index (χ0v) is 7.28. The molecule has 0 aromatic carbocycles. The molecule has 0 amide bonds. The van der Waals surface area contributed by atoms with Gasteiger partial charge >= 0.3 is 0 Å². The molecule has 3 heteroatoms. The van der Waals surface area contributed by atoms with E-state index in [1.165, 1.54) is 0 Å². The molecule has 68 valence electrons. The molecule has 0 aromatic rings. The molecular weight excluding hydrogens is 154 g/mol. The Bertz CT molecular complexity index is 156. The molecule has 3 nitrogen and oxygen atoms in total. The molecule has 0 fully saturated rings. The highest BCUT2D eigenvalue weighted by atomic mass is 16.9. The maximum absolute atomic E-state index is 9.67. The average molecular weight is 170 g/mol. The number of hydrogen-bond donors (Lipinski definition) is 1. The first kappa shape index (κ1) is 11.1. The van der Waals surface area contributed by atoms with Gasteiger partial charge in [0.15, 0.2) is 13.1 Å². The van der Waals surface area contributed by atoms with Gasteiger partial charge in [0.25, 0.3) is 0 Å². The van der Waals surface area contributed by atoms with Crippen molar-refractivity contribution in [2.75, 3.05) is 19.7 Å². The van der Waals surface area contributed by atoms with Crippen LogP contribution in [0.4, 0.5) is 0 Å². The van der Waals surface area contributed by atoms with E-state index >= 15 is 0 Å². The molecule has 0 spiro atoms. The second-order valence-electron chi connectivity index (χ2n) is 2.37. The normalized spacial score (nSPS) is 10.8. The maximum Gasteiger partial charge on any atom is 0.161 e. The fourth-order valence-corrected chi connectivity index (χ4v) is 0.775. The van der Waals surface area contributed by atoms with Crippen LogP contribution < -0.4 is 0 Å². The number of hydrogen-bond acceptors (Lipinski definition) is 2. The van der Waals surface area contributed by atoms with Crippen LogP contribution in [0.5, 0.6) is 0 Å². The van der Waals surface area contributed by atoms with Gasteiger partial charge in [-0.15, -0.1) is 6.58 Å². The second-order valence-corrected chi connectivity index (χ2v) is 2.37. The Hall–Kier alpha value is -0.900. The van der Waals surface area contributed by atoms with E-state index in [0.717, 1.165) is 0 Å². The first-order valence-electron chi connectivity index (χ1n) is 3.75. The lowest BCUT2D eigenvalue weighted by molar-refractivity contribution is -1.24. The van der Waals surface area contributed by atoms with Gasteiger partial charge in [0, 0.05) is 0 Å². The van der Waals surface area contributed by atoms with E-state index in [1.807, 2.05) is 0 Å². The van der Waals surface area contributed by atoms with Gasteiger partial charge in [-0.25, -0.2) is 0 Å². The van der Waals surface area contributed by atoms with Crippen LogP contribution in [-0.2, 0) is 4.84 Å². The lowest BCUT2D eigenvalue weighted by atomic mass is 10.5. The highest BCUT2D eigenvalue weighted by Crippen LogP contribution is 2.03. The molecule has 0 atom stereocenters. The van der Waals surface area contributed by atoms with E-state index in [1.54, 1.807) is 18.2 Å². The minimum Gasteiger partial charge on any atom is -0.181 e. The molecule has 0 heterocycles. The molecule has 0 saturated heterocycles. The third kappa shape index (κ3) is 4.08. The van der Waals surface area contributed by atoms with E-state index in [0.29, 0.717) is 19.7 Å². The summed E-state index contributed by atoms with van der Waals surface area (Å²) >= 11 is 0. The lowest BCUT2D eigenvalue weighted by Crippen LogP contribution is -2.44. The summed E-state index contributed by atoms with van der Waals surface area (Å²) in [6.45, 7) is 11.5. The minimum absolute atomic E-state index is 0.304. The van der Waals surface area contributed by atoms with Crippen LogP contribution in [0.3, 0.4) is 0 Å². The second kappa shape index (κ2) is 5.71. The van der Waals surface area contributed by atoms with Crippen molar-refractivity contribution in [2.45, 2.75) is 0 Å². The molecular formula is C9H16NO2+. The van der Waals surface area contributed by atoms with Crippen LogP contribution in [0.2, 0.25) is 0 Å². The Morgan fingerprint density at radius 1 is 1.08 bits per heavy atom. The topological polar surface area (TPSA) is 29.5 Å². The quantitative estimate of drug-likeness (QED) is 0.358. The van der Waals surface area contributed by atoms with Crippen LogP contribution in [0.15, 0.2) is 38.0 Å². The number of rotatable bonds is 7. The molecule has 0 rings (SSSR count). The third-order valence-electron chi connectivity index (χ3n) is 1.26. The van der Waals surface area contributed by atoms with Crippen LogP contribution in [-0.4, -0.2) is 29.7 Å². The Kier molecular flexibility index (Phi) is 5.28. The largest absolute Gasteiger partial charge is 0.181 e. The summed E-state index contributed by atoms with van der Waals surface area (Å²) in [5, 5.41) is 9.67. The predicted molar refractivity (Wildman–Crippen MR) is 48.3 cm³/mol. The van der Waals surface area contributed by atoms with Crippen molar-refractivity contribution in [1.82, 2.24) is 0 Å². The van der Waals surface area contributed by atoms with Crippen molar-refractivity contribution < 1.29 is 14.9 Å². The first-order chi connectivity index (χ1) is 5.68. The summed E-state index contributed by atoms with van der Waals surface area (Å²) in [5.74, 6) is 0. The van der Waals surface area contributed by atoms with Crippen molar-refractivity contribution >= 4 is 0 Å². The lowest BCUT2D eigenvalue weighted by Gasteiger charge is -2.23. The fraction of sp³-hybridized carbons (Fsp3) is 0.333. The van der Waals surface area contributed by atoms with E-state index in [4.69, 9.17) is 4.84 Å². The van der Waals surface area contributed by atoms with Gasteiger partial charge in [-0.2, -0.15) is 10.0 Å². The van der Waals surface area contributed by atoms with E-state index in [9.17, 15) is 5.21 Å². The molecule has 0 unspecified atom stereocenters. The fourth-order valence-electron chi connectivity index (χ4n) is 0.775. The van der Waals surface area contributed by atoms with Crippen LogP contribution in [0.25, 0.3) is 0 Å². The highest BCUT2D eigenvalue weighted by molar-refractivity contribution is 4.68. The van der Waals surface area contributed by atoms with Gasteiger partial charge in [-0.1, -0.05) is 19.2 Å². The van der Waals surface area contributed by atoms with Crippen LogP contribution in [0.1, 0.15) is 0 Å². The van der Waals surface area contributed by atoms with Crippen molar-refractivity contribution in [3.8, 4) is 0 Å². The molecule has 1 N–H and O–H groups in total. The van der Waals surface area contributed by atoms with E-state index in [2.05, 4.69) is 19.7 Å². The highest BCUT2D eigenvalue weighted by Gasteiger charge is 2.23. The maximum atomic E-state index is 9.67. The Labute approximate surface area is 73.4 Å². The van der Waals surface area contributed by atoms with E-state index < -0.39 is 4.81 Å². The van der Waals surface area contributed by atoms with Crippen LogP contribution in [0, 0.1) is 0 Å². The molecule has 0 aliphatic rings. The van der Waals surface area contributed by atoms with Crippen molar-refractivity contribution in [1.29, 1.82) is 0 Å². The van der Waals surface area contributed by atoms with Gasteiger partial charge in [-0.3, -0.25) is 0 Å². The predicted octanol–water partition coefficient (Wildman–Crippen LogP) is 1.68. The Balaban J connectivity index is 4.04. The van der Waals surface area contributed by atoms with Gasteiger partial charge in [0.1, 0.15) is 6.61 Å².